The van der Waals surface area contributed by atoms with Crippen LogP contribution in [0.4, 0.5) is 0 Å². The van der Waals surface area contributed by atoms with Gasteiger partial charge in [0.15, 0.2) is 0 Å². The van der Waals surface area contributed by atoms with E-state index in [1.807, 2.05) is 24.3 Å². The molecule has 0 fully saturated rings. The zero-order valence-electron chi connectivity index (χ0n) is 13.8. The van der Waals surface area contributed by atoms with Gasteiger partial charge in [0.1, 0.15) is 5.76 Å². The summed E-state index contributed by atoms with van der Waals surface area (Å²) in [6, 6.07) is 13.9. The first-order valence-corrected chi connectivity index (χ1v) is 8.07. The molecule has 3 nitrogen and oxygen atoms in total. The molecule has 0 bridgehead atoms. The molecule has 23 heavy (non-hydrogen) atoms. The maximum absolute atomic E-state index is 11.9. The molecule has 1 aromatic carbocycles. The number of carbonyl (C=O) groups excluding carboxylic acids is 1. The highest BCUT2D eigenvalue weighted by Crippen LogP contribution is 2.52. The summed E-state index contributed by atoms with van der Waals surface area (Å²) in [4.78, 5) is 11.9. The number of allylic oxidation sites excluding steroid dienone is 2. The number of esters is 1. The van der Waals surface area contributed by atoms with E-state index in [9.17, 15) is 4.79 Å². The first-order valence-electron chi connectivity index (χ1n) is 8.07. The van der Waals surface area contributed by atoms with E-state index in [1.165, 1.54) is 5.56 Å². The lowest BCUT2D eigenvalue weighted by molar-refractivity contribution is 0.0485. The molecule has 0 amide bonds. The maximum Gasteiger partial charge on any atom is 0.374 e. The topological polar surface area (TPSA) is 39.4 Å². The number of benzene rings is 1. The van der Waals surface area contributed by atoms with Gasteiger partial charge in [-0.15, -0.1) is 0 Å². The zero-order chi connectivity index (χ0) is 16.4. The summed E-state index contributed by atoms with van der Waals surface area (Å²) < 4.78 is 10.9. The minimum absolute atomic E-state index is 0.0227. The van der Waals surface area contributed by atoms with E-state index in [0.29, 0.717) is 12.5 Å². The summed E-state index contributed by atoms with van der Waals surface area (Å²) in [5, 5.41) is 0. The standard InChI is InChI=1S/C20H22O3/c1-4-22-19(21)17-11-10-16(23-17)18(15-8-6-5-7-9-15)20(3)13-12-14(20)2/h5-14,18H,4H2,1-3H3/t14-,18?,20?/m1/s1. The van der Waals surface area contributed by atoms with Crippen molar-refractivity contribution in [1.29, 1.82) is 0 Å². The van der Waals surface area contributed by atoms with Crippen molar-refractivity contribution in [3.8, 4) is 0 Å². The van der Waals surface area contributed by atoms with Gasteiger partial charge >= 0.3 is 5.97 Å². The van der Waals surface area contributed by atoms with Crippen molar-refractivity contribution in [2.75, 3.05) is 6.61 Å². The largest absolute Gasteiger partial charge is 0.460 e. The Balaban J connectivity index is 2.00. The van der Waals surface area contributed by atoms with Crippen LogP contribution in [0.25, 0.3) is 0 Å². The third-order valence-electron chi connectivity index (χ3n) is 4.87. The molecule has 2 aromatic rings. The molecule has 3 atom stereocenters. The van der Waals surface area contributed by atoms with Gasteiger partial charge in [-0.2, -0.15) is 0 Å². The highest BCUT2D eigenvalue weighted by Gasteiger charge is 2.44. The molecule has 0 radical (unpaired) electrons. The van der Waals surface area contributed by atoms with Gasteiger partial charge in [-0.05, 0) is 30.5 Å². The Morgan fingerprint density at radius 2 is 2.00 bits per heavy atom. The summed E-state index contributed by atoms with van der Waals surface area (Å²) in [6.07, 6.45) is 4.45. The summed E-state index contributed by atoms with van der Waals surface area (Å²) in [5.74, 6) is 1.18. The minimum Gasteiger partial charge on any atom is -0.460 e. The predicted molar refractivity (Wildman–Crippen MR) is 89.4 cm³/mol. The van der Waals surface area contributed by atoms with E-state index in [0.717, 1.165) is 5.76 Å². The van der Waals surface area contributed by atoms with E-state index in [1.54, 1.807) is 13.0 Å². The number of hydrogen-bond donors (Lipinski definition) is 0. The highest BCUT2D eigenvalue weighted by molar-refractivity contribution is 5.86. The summed E-state index contributed by atoms with van der Waals surface area (Å²) in [7, 11) is 0. The Labute approximate surface area is 137 Å². The molecular formula is C20H22O3. The van der Waals surface area contributed by atoms with Crippen molar-refractivity contribution in [2.45, 2.75) is 26.7 Å². The molecule has 3 rings (SSSR count). The average molecular weight is 310 g/mol. The third-order valence-corrected chi connectivity index (χ3v) is 4.87. The van der Waals surface area contributed by atoms with E-state index in [-0.39, 0.29) is 17.1 Å². The van der Waals surface area contributed by atoms with Crippen molar-refractivity contribution in [2.24, 2.45) is 11.3 Å². The molecule has 0 aliphatic heterocycles. The van der Waals surface area contributed by atoms with Crippen LogP contribution in [-0.2, 0) is 4.74 Å². The molecule has 2 unspecified atom stereocenters. The molecule has 1 aliphatic rings. The SMILES string of the molecule is CCOC(=O)c1ccc(C(c2ccccc2)C2(C)C=C[C@H]2C)o1. The van der Waals surface area contributed by atoms with Gasteiger partial charge < -0.3 is 9.15 Å². The Hall–Kier alpha value is -2.29. The second kappa shape index (κ2) is 6.07. The van der Waals surface area contributed by atoms with Gasteiger partial charge in [0.25, 0.3) is 0 Å². The van der Waals surface area contributed by atoms with Gasteiger partial charge in [-0.1, -0.05) is 56.3 Å². The van der Waals surface area contributed by atoms with E-state index in [4.69, 9.17) is 9.15 Å². The lowest BCUT2D eigenvalue weighted by Gasteiger charge is -2.44. The van der Waals surface area contributed by atoms with Crippen LogP contribution in [-0.4, -0.2) is 12.6 Å². The zero-order valence-corrected chi connectivity index (χ0v) is 13.8. The van der Waals surface area contributed by atoms with Crippen LogP contribution in [0.5, 0.6) is 0 Å². The van der Waals surface area contributed by atoms with Gasteiger partial charge in [0, 0.05) is 5.41 Å². The van der Waals surface area contributed by atoms with Gasteiger partial charge in [0.05, 0.1) is 12.5 Å². The molecule has 0 saturated heterocycles. The smallest absolute Gasteiger partial charge is 0.374 e. The van der Waals surface area contributed by atoms with E-state index < -0.39 is 5.97 Å². The van der Waals surface area contributed by atoms with E-state index in [2.05, 4.69) is 38.1 Å². The molecule has 1 aromatic heterocycles. The fourth-order valence-corrected chi connectivity index (χ4v) is 3.25. The summed E-state index contributed by atoms with van der Waals surface area (Å²) in [5.41, 5.74) is 1.17. The predicted octanol–water partition coefficient (Wildman–Crippen LogP) is 4.80. The van der Waals surface area contributed by atoms with Crippen molar-refractivity contribution in [3.05, 3.63) is 71.7 Å². The molecule has 1 aliphatic carbocycles. The second-order valence-corrected chi connectivity index (χ2v) is 6.28. The van der Waals surface area contributed by atoms with Crippen LogP contribution in [0.2, 0.25) is 0 Å². The van der Waals surface area contributed by atoms with Crippen molar-refractivity contribution < 1.29 is 13.9 Å². The van der Waals surface area contributed by atoms with Crippen LogP contribution in [0.3, 0.4) is 0 Å². The quantitative estimate of drug-likeness (QED) is 0.588. The first kappa shape index (κ1) is 15.6. The molecule has 0 spiro atoms. The number of ether oxygens (including phenoxy) is 1. The molecule has 1 heterocycles. The molecule has 3 heteroatoms. The lowest BCUT2D eigenvalue weighted by Crippen LogP contribution is -2.36. The van der Waals surface area contributed by atoms with Crippen LogP contribution in [0.15, 0.2) is 59.0 Å². The highest BCUT2D eigenvalue weighted by atomic mass is 16.5. The van der Waals surface area contributed by atoms with Crippen LogP contribution >= 0.6 is 0 Å². The monoisotopic (exact) mass is 310 g/mol. The summed E-state index contributed by atoms with van der Waals surface area (Å²) >= 11 is 0. The van der Waals surface area contributed by atoms with Gasteiger partial charge in [0.2, 0.25) is 5.76 Å². The van der Waals surface area contributed by atoms with Crippen molar-refractivity contribution in [1.82, 2.24) is 0 Å². The Morgan fingerprint density at radius 3 is 2.57 bits per heavy atom. The molecule has 120 valence electrons. The number of rotatable bonds is 5. The van der Waals surface area contributed by atoms with Crippen LogP contribution in [0, 0.1) is 11.3 Å². The molecule has 0 saturated carbocycles. The normalized spacial score (nSPS) is 24.0. The van der Waals surface area contributed by atoms with Crippen molar-refractivity contribution >= 4 is 5.97 Å². The van der Waals surface area contributed by atoms with Gasteiger partial charge in [-0.3, -0.25) is 0 Å². The fraction of sp³-hybridized carbons (Fsp3) is 0.350. The number of furan rings is 1. The fourth-order valence-electron chi connectivity index (χ4n) is 3.25. The lowest BCUT2D eigenvalue weighted by atomic mass is 9.59. The Kier molecular flexibility index (Phi) is 4.12. The Morgan fingerprint density at radius 1 is 1.26 bits per heavy atom. The average Bonchev–Trinajstić information content (AvgIpc) is 3.04. The van der Waals surface area contributed by atoms with Crippen molar-refractivity contribution in [3.63, 3.8) is 0 Å². The second-order valence-electron chi connectivity index (χ2n) is 6.28. The van der Waals surface area contributed by atoms with Crippen LogP contribution < -0.4 is 0 Å². The molecule has 0 N–H and O–H groups in total. The maximum atomic E-state index is 11.9. The first-order chi connectivity index (χ1) is 11.1. The minimum atomic E-state index is -0.409. The number of hydrogen-bond acceptors (Lipinski definition) is 3. The Bertz CT molecular complexity index is 713. The van der Waals surface area contributed by atoms with Crippen LogP contribution in [0.1, 0.15) is 48.6 Å². The third kappa shape index (κ3) is 2.72. The van der Waals surface area contributed by atoms with E-state index >= 15 is 0 Å². The molecular weight excluding hydrogens is 288 g/mol. The number of carbonyl (C=O) groups is 1. The van der Waals surface area contributed by atoms with Gasteiger partial charge in [-0.25, -0.2) is 4.79 Å². The summed E-state index contributed by atoms with van der Waals surface area (Å²) in [6.45, 7) is 6.58.